The second-order valence-corrected chi connectivity index (χ2v) is 27.4. The number of carbonyl (C=O) groups excluding carboxylic acids is 4. The van der Waals surface area contributed by atoms with Gasteiger partial charge in [-0.1, -0.05) is 79.1 Å². The molecule has 13 rings (SSSR count). The Hall–Kier alpha value is -10.1. The zero-order valence-electron chi connectivity index (χ0n) is 54.4. The first kappa shape index (κ1) is 67.3. The Balaban J connectivity index is 0.000000144. The van der Waals surface area contributed by atoms with Gasteiger partial charge in [0.25, 0.3) is 17.1 Å². The fourth-order valence-corrected chi connectivity index (χ4v) is 12.8. The molecule has 0 saturated heterocycles. The number of nitrogens with one attached hydrogen (secondary N) is 3. The number of nitro groups is 3. The van der Waals surface area contributed by atoms with Crippen molar-refractivity contribution in [3.05, 3.63) is 190 Å². The summed E-state index contributed by atoms with van der Waals surface area (Å²) < 4.78 is 0. The van der Waals surface area contributed by atoms with Crippen molar-refractivity contribution >= 4 is 104 Å². The maximum absolute atomic E-state index is 12.2. The van der Waals surface area contributed by atoms with E-state index in [0.29, 0.717) is 41.7 Å². The van der Waals surface area contributed by atoms with Crippen LogP contribution >= 0.6 is 11.6 Å². The average Bonchev–Trinajstić information content (AvgIpc) is 1.69. The van der Waals surface area contributed by atoms with Gasteiger partial charge in [0, 0.05) is 165 Å². The van der Waals surface area contributed by atoms with Crippen LogP contribution in [0.4, 0.5) is 68.5 Å². The number of nitrogen functional groups attached to an aromatic ring is 1. The molecule has 0 unspecified atom stereocenters. The Kier molecular flexibility index (Phi) is 18.5. The van der Waals surface area contributed by atoms with E-state index in [0.717, 1.165) is 88.4 Å². The second-order valence-electron chi connectivity index (χ2n) is 27.0. The highest BCUT2D eigenvalue weighted by atomic mass is 35.5. The van der Waals surface area contributed by atoms with Gasteiger partial charge in [-0.15, -0.1) is 0 Å². The summed E-state index contributed by atoms with van der Waals surface area (Å²) in [6.07, 6.45) is 4.14. The standard InChI is InChI=1S/C24H25ClN6O.C12H14N2O3.C12H16N2O.C10H10N2O3.C10H12N2O2/c1-15(32)31-13-24(2,3)18-7-6-16(11-21(18)31)29-22-17-12-30(10-8-20(17)27-14-28-22)23-19(25)5-4-9-26-23;1-8(15)13-7-12(2,3)10-5-4-9(14(16)17)6-11(10)13;1-8(15)14-7-12(2,3)10-5-4-9(13)6-11(10)14;1-10(2)7-4-3-6(12(14)15)5-8(7)11-9(10)13;1-10(2)6-11-9-5-7(12(13)14)3-4-8(9)10/h4-7,9,11,14H,8,10,12-13H2,1-3H3,(H,27,28,29);4-6H,7H2,1-3H3;4-6H,7,13H2,1-3H3;3-5H,1-2H3,(H,11,13);3-5,11H,6H2,1-2H3. The molecular formula is C68H77ClN14O10. The summed E-state index contributed by atoms with van der Waals surface area (Å²) in [5.74, 6) is 1.45. The van der Waals surface area contributed by atoms with Crippen LogP contribution in [0.3, 0.4) is 0 Å². The Morgan fingerprint density at radius 2 is 1.08 bits per heavy atom. The lowest BCUT2D eigenvalue weighted by molar-refractivity contribution is -0.385. The molecule has 6 aliphatic rings. The highest BCUT2D eigenvalue weighted by Gasteiger charge is 2.42. The number of pyridine rings is 1. The van der Waals surface area contributed by atoms with Crippen LogP contribution in [0.5, 0.6) is 0 Å². The molecule has 4 amide bonds. The molecule has 25 heteroatoms. The number of carbonyl (C=O) groups is 4. The van der Waals surface area contributed by atoms with Gasteiger partial charge in [0.2, 0.25) is 23.6 Å². The molecule has 93 heavy (non-hydrogen) atoms. The molecule has 5 aromatic carbocycles. The van der Waals surface area contributed by atoms with Gasteiger partial charge in [-0.3, -0.25) is 49.5 Å². The number of rotatable bonds is 6. The summed E-state index contributed by atoms with van der Waals surface area (Å²) in [5, 5.41) is 41.7. The molecule has 24 nitrogen and oxygen atoms in total. The van der Waals surface area contributed by atoms with Crippen LogP contribution in [0.25, 0.3) is 0 Å². The molecule has 486 valence electrons. The first-order chi connectivity index (χ1) is 43.5. The average molecular weight is 1290 g/mol. The maximum atomic E-state index is 12.2. The number of amides is 4. The summed E-state index contributed by atoms with van der Waals surface area (Å²) in [4.78, 5) is 98.2. The van der Waals surface area contributed by atoms with Gasteiger partial charge in [-0.25, -0.2) is 15.0 Å². The van der Waals surface area contributed by atoms with Crippen LogP contribution < -0.4 is 41.3 Å². The first-order valence-electron chi connectivity index (χ1n) is 30.3. The zero-order valence-corrected chi connectivity index (χ0v) is 55.2. The van der Waals surface area contributed by atoms with Crippen LogP contribution in [-0.4, -0.2) is 86.1 Å². The molecule has 0 spiro atoms. The van der Waals surface area contributed by atoms with E-state index in [1.165, 1.54) is 42.3 Å². The Bertz CT molecular complexity index is 4190. The van der Waals surface area contributed by atoms with Crippen molar-refractivity contribution in [1.29, 1.82) is 0 Å². The minimum absolute atomic E-state index is 0.00764. The minimum atomic E-state index is -0.607. The smallest absolute Gasteiger partial charge is 0.271 e. The van der Waals surface area contributed by atoms with Gasteiger partial charge >= 0.3 is 0 Å². The highest BCUT2D eigenvalue weighted by Crippen LogP contribution is 2.46. The van der Waals surface area contributed by atoms with Crippen molar-refractivity contribution in [1.82, 2.24) is 15.0 Å². The zero-order chi connectivity index (χ0) is 68.0. The van der Waals surface area contributed by atoms with E-state index in [-0.39, 0.29) is 67.3 Å². The molecule has 7 aromatic rings. The molecule has 0 fully saturated rings. The van der Waals surface area contributed by atoms with E-state index in [9.17, 15) is 49.5 Å². The van der Waals surface area contributed by atoms with Crippen molar-refractivity contribution in [3.63, 3.8) is 0 Å². The van der Waals surface area contributed by atoms with E-state index in [1.807, 2.05) is 61.2 Å². The molecule has 6 aliphatic heterocycles. The number of anilines is 9. The lowest BCUT2D eigenvalue weighted by atomic mass is 9.86. The van der Waals surface area contributed by atoms with Crippen molar-refractivity contribution in [2.24, 2.45) is 0 Å². The molecule has 0 saturated carbocycles. The number of halogens is 1. The van der Waals surface area contributed by atoms with Crippen molar-refractivity contribution in [2.45, 2.75) is 130 Å². The lowest BCUT2D eigenvalue weighted by Gasteiger charge is -2.30. The number of non-ortho nitro benzene ring substituents is 3. The number of aromatic nitrogens is 3. The minimum Gasteiger partial charge on any atom is -0.399 e. The molecule has 0 atom stereocenters. The van der Waals surface area contributed by atoms with E-state index in [2.05, 4.69) is 89.5 Å². The summed E-state index contributed by atoms with van der Waals surface area (Å²) in [6, 6.07) is 29.8. The summed E-state index contributed by atoms with van der Waals surface area (Å²) in [7, 11) is 0. The van der Waals surface area contributed by atoms with E-state index < -0.39 is 15.3 Å². The quantitative estimate of drug-likeness (QED) is 0.0683. The van der Waals surface area contributed by atoms with Gasteiger partial charge < -0.3 is 41.3 Å². The largest absolute Gasteiger partial charge is 0.399 e. The SMILES string of the molecule is CC(=O)N1CC(C)(C)c2ccc(N)cc21.CC(=O)N1CC(C)(C)c2ccc(Nc3ncnc4c3CN(c3ncccc3Cl)CC4)cc21.CC(=O)N1CC(C)(C)c2ccc([N+](=O)[O-])cc21.CC1(C)C(=O)Nc2cc([N+](=O)[O-])ccc21.CC1(C)CNc2cc([N+](=O)[O-])ccc21. The van der Waals surface area contributed by atoms with Crippen LogP contribution in [0.2, 0.25) is 5.02 Å². The number of hydrogen-bond acceptors (Lipinski definition) is 17. The van der Waals surface area contributed by atoms with Crippen molar-refractivity contribution in [2.75, 3.05) is 74.0 Å². The first-order valence-corrected chi connectivity index (χ1v) is 30.7. The summed E-state index contributed by atoms with van der Waals surface area (Å²) >= 11 is 6.39. The van der Waals surface area contributed by atoms with Crippen molar-refractivity contribution in [3.8, 4) is 0 Å². The number of hydrogen-bond donors (Lipinski definition) is 4. The molecule has 0 aliphatic carbocycles. The molecule has 0 radical (unpaired) electrons. The van der Waals surface area contributed by atoms with Gasteiger partial charge in [-0.2, -0.15) is 0 Å². The number of benzene rings is 5. The molecule has 8 heterocycles. The second kappa shape index (κ2) is 25.5. The third-order valence-electron chi connectivity index (χ3n) is 17.7. The number of nitrogens with two attached hydrogens (primary N) is 1. The third kappa shape index (κ3) is 13.9. The number of nitro benzene ring substituents is 3. The van der Waals surface area contributed by atoms with Crippen molar-refractivity contribution < 1.29 is 33.9 Å². The van der Waals surface area contributed by atoms with Crippen LogP contribution in [0, 0.1) is 30.3 Å². The van der Waals surface area contributed by atoms with Gasteiger partial charge in [0.1, 0.15) is 18.0 Å². The topological polar surface area (TPSA) is 311 Å². The maximum Gasteiger partial charge on any atom is 0.271 e. The molecular weight excluding hydrogens is 1210 g/mol. The number of fused-ring (bicyclic) bond motifs is 6. The van der Waals surface area contributed by atoms with E-state index in [1.54, 1.807) is 74.3 Å². The number of nitrogens with zero attached hydrogens (tertiary/aromatic N) is 10. The predicted octanol–water partition coefficient (Wildman–Crippen LogP) is 12.7. The third-order valence-corrected chi connectivity index (χ3v) is 18.0. The van der Waals surface area contributed by atoms with Crippen LogP contribution in [0.1, 0.15) is 129 Å². The van der Waals surface area contributed by atoms with E-state index >= 15 is 0 Å². The lowest BCUT2D eigenvalue weighted by Crippen LogP contribution is -2.32. The molecule has 2 aromatic heterocycles. The summed E-state index contributed by atoms with van der Waals surface area (Å²) in [6.45, 7) is 29.4. The fourth-order valence-electron chi connectivity index (χ4n) is 12.6. The fraction of sp³-hybridized carbons (Fsp3) is 0.368. The monoisotopic (exact) mass is 1280 g/mol. The Morgan fingerprint density at radius 3 is 1.61 bits per heavy atom. The molecule has 0 bridgehead atoms. The summed E-state index contributed by atoms with van der Waals surface area (Å²) in [5.41, 5.74) is 18.2. The van der Waals surface area contributed by atoms with Gasteiger partial charge in [0.15, 0.2) is 0 Å². The Morgan fingerprint density at radius 1 is 0.591 bits per heavy atom. The van der Waals surface area contributed by atoms with E-state index in [4.69, 9.17) is 17.3 Å². The van der Waals surface area contributed by atoms with Crippen LogP contribution in [-0.2, 0) is 59.2 Å². The van der Waals surface area contributed by atoms with Gasteiger partial charge in [0.05, 0.1) is 42.3 Å². The Labute approximate surface area is 544 Å². The normalized spacial score (nSPS) is 16.9. The van der Waals surface area contributed by atoms with Crippen LogP contribution in [0.15, 0.2) is 116 Å². The molecule has 5 N–H and O–H groups in total. The highest BCUT2D eigenvalue weighted by molar-refractivity contribution is 6.33. The van der Waals surface area contributed by atoms with Gasteiger partial charge in [-0.05, 0) is 96.3 Å². The predicted molar refractivity (Wildman–Crippen MR) is 362 cm³/mol.